The largest absolute Gasteiger partial charge is 0.363 e. The van der Waals surface area contributed by atoms with Crippen LogP contribution in [0.4, 0.5) is 11.5 Å². The van der Waals surface area contributed by atoms with Gasteiger partial charge in [-0.2, -0.15) is 0 Å². The van der Waals surface area contributed by atoms with Crippen LogP contribution in [0.5, 0.6) is 0 Å². The number of pyridine rings is 2. The Hall–Kier alpha value is -2.61. The van der Waals surface area contributed by atoms with E-state index in [-0.39, 0.29) is 11.6 Å². The Bertz CT molecular complexity index is 1040. The first-order valence-corrected chi connectivity index (χ1v) is 9.00. The number of nitrogens with one attached hydrogen (secondary N) is 2. The number of hydrogen-bond acceptors (Lipinski definition) is 6. The predicted octanol–water partition coefficient (Wildman–Crippen LogP) is 2.86. The Morgan fingerprint density at radius 2 is 2.22 bits per heavy atom. The smallest absolute Gasteiger partial charge is 0.253 e. The number of anilines is 2. The van der Waals surface area contributed by atoms with Crippen molar-refractivity contribution >= 4 is 34.0 Å². The number of aromatic nitrogens is 2. The van der Waals surface area contributed by atoms with Crippen molar-refractivity contribution in [2.24, 2.45) is 0 Å². The third-order valence-corrected chi connectivity index (χ3v) is 4.84. The van der Waals surface area contributed by atoms with Crippen LogP contribution < -0.4 is 15.8 Å². The zero-order valence-corrected chi connectivity index (χ0v) is 15.4. The number of H-pyrrole nitrogens is 1. The number of benzene rings is 1. The van der Waals surface area contributed by atoms with Gasteiger partial charge in [0, 0.05) is 46.0 Å². The van der Waals surface area contributed by atoms with Crippen molar-refractivity contribution < 1.29 is 9.84 Å². The Morgan fingerprint density at radius 1 is 1.37 bits per heavy atom. The summed E-state index contributed by atoms with van der Waals surface area (Å²) in [5.74, 6) is 0.602. The van der Waals surface area contributed by atoms with Crippen molar-refractivity contribution in [2.75, 3.05) is 23.4 Å². The molecule has 8 heteroatoms. The van der Waals surface area contributed by atoms with Crippen LogP contribution in [-0.2, 0) is 4.74 Å². The summed E-state index contributed by atoms with van der Waals surface area (Å²) >= 11 is 6.06. The fraction of sp³-hybridized carbons (Fsp3) is 0.263. The highest BCUT2D eigenvalue weighted by Crippen LogP contribution is 2.25. The van der Waals surface area contributed by atoms with E-state index in [1.165, 1.54) is 0 Å². The van der Waals surface area contributed by atoms with E-state index >= 15 is 0 Å². The lowest BCUT2D eigenvalue weighted by Gasteiger charge is -2.21. The molecule has 1 saturated heterocycles. The number of rotatable bonds is 4. The monoisotopic (exact) mass is 386 g/mol. The van der Waals surface area contributed by atoms with Crippen LogP contribution in [-0.4, -0.2) is 34.6 Å². The first-order valence-electron chi connectivity index (χ1n) is 8.62. The summed E-state index contributed by atoms with van der Waals surface area (Å²) in [6, 6.07) is 10.5. The Balaban J connectivity index is 1.61. The summed E-state index contributed by atoms with van der Waals surface area (Å²) in [5.41, 5.74) is 1.96. The second kappa shape index (κ2) is 7.19. The zero-order chi connectivity index (χ0) is 19.0. The van der Waals surface area contributed by atoms with Crippen LogP contribution in [0.2, 0.25) is 5.02 Å². The molecule has 4 rings (SSSR count). The van der Waals surface area contributed by atoms with E-state index < -0.39 is 6.41 Å². The minimum absolute atomic E-state index is 0.163. The number of halogens is 1. The zero-order valence-electron chi connectivity index (χ0n) is 14.6. The third kappa shape index (κ3) is 3.62. The lowest BCUT2D eigenvalue weighted by molar-refractivity contribution is -0.0573. The van der Waals surface area contributed by atoms with Crippen molar-refractivity contribution in [3.8, 4) is 0 Å². The molecular formula is C19H19ClN4O3. The molecule has 1 fully saturated rings. The molecule has 3 N–H and O–H groups in total. The van der Waals surface area contributed by atoms with Crippen LogP contribution in [0, 0.1) is 0 Å². The fourth-order valence-corrected chi connectivity index (χ4v) is 3.39. The van der Waals surface area contributed by atoms with Gasteiger partial charge >= 0.3 is 0 Å². The lowest BCUT2D eigenvalue weighted by atomic mass is 10.1. The Kier molecular flexibility index (Phi) is 4.73. The minimum atomic E-state index is -0.953. The van der Waals surface area contributed by atoms with E-state index in [0.29, 0.717) is 29.6 Å². The Morgan fingerprint density at radius 3 is 3.00 bits per heavy atom. The summed E-state index contributed by atoms with van der Waals surface area (Å²) in [6.45, 7) is 2.96. The van der Waals surface area contributed by atoms with E-state index in [4.69, 9.17) is 16.3 Å². The van der Waals surface area contributed by atoms with Gasteiger partial charge in [-0.15, -0.1) is 0 Å². The van der Waals surface area contributed by atoms with Crippen LogP contribution in [0.1, 0.15) is 18.5 Å². The number of nitrogens with zero attached hydrogens (tertiary/aromatic N) is 2. The van der Waals surface area contributed by atoms with Crippen molar-refractivity contribution in [3.05, 3.63) is 63.5 Å². The molecule has 2 aromatic heterocycles. The van der Waals surface area contributed by atoms with Gasteiger partial charge in [-0.25, -0.2) is 4.98 Å². The SMILES string of the molecule is C[C@H](Nc1cc(N2CCOC2O)ccn1)c1cc2cc(Cl)ccc2[nH]c1=O. The number of ether oxygens (including phenoxy) is 1. The quantitative estimate of drug-likeness (QED) is 0.638. The first kappa shape index (κ1) is 17.8. The van der Waals surface area contributed by atoms with Gasteiger partial charge in [-0.05, 0) is 37.3 Å². The van der Waals surface area contributed by atoms with Crippen LogP contribution >= 0.6 is 11.6 Å². The van der Waals surface area contributed by atoms with Crippen molar-refractivity contribution in [1.29, 1.82) is 0 Å². The van der Waals surface area contributed by atoms with Gasteiger partial charge in [0.1, 0.15) is 5.82 Å². The molecule has 3 heterocycles. The van der Waals surface area contributed by atoms with Gasteiger partial charge in [0.05, 0.1) is 12.6 Å². The second-order valence-electron chi connectivity index (χ2n) is 6.44. The predicted molar refractivity (Wildman–Crippen MR) is 105 cm³/mol. The van der Waals surface area contributed by atoms with E-state index in [1.807, 2.05) is 25.1 Å². The molecule has 0 amide bonds. The molecule has 2 atom stereocenters. The number of hydrogen-bond donors (Lipinski definition) is 3. The average molecular weight is 387 g/mol. The van der Waals surface area contributed by atoms with Crippen LogP contribution in [0.3, 0.4) is 0 Å². The highest BCUT2D eigenvalue weighted by molar-refractivity contribution is 6.31. The van der Waals surface area contributed by atoms with Crippen molar-refractivity contribution in [3.63, 3.8) is 0 Å². The molecule has 140 valence electrons. The maximum Gasteiger partial charge on any atom is 0.253 e. The maximum atomic E-state index is 12.5. The normalized spacial score (nSPS) is 18.0. The summed E-state index contributed by atoms with van der Waals surface area (Å²) < 4.78 is 5.16. The van der Waals surface area contributed by atoms with Gasteiger partial charge in [-0.1, -0.05) is 11.6 Å². The standard InChI is InChI=1S/C19H19ClN4O3/c1-11(15-9-12-8-13(20)2-3-16(12)23-18(15)25)22-17-10-14(4-5-21-17)24-6-7-27-19(24)26/h2-5,8-11,19,26H,6-7H2,1H3,(H,21,22)(H,23,25)/t11-,19?/m0/s1. The summed E-state index contributed by atoms with van der Waals surface area (Å²) in [4.78, 5) is 21.4. The third-order valence-electron chi connectivity index (χ3n) is 4.61. The van der Waals surface area contributed by atoms with Gasteiger partial charge in [-0.3, -0.25) is 4.79 Å². The van der Waals surface area contributed by atoms with E-state index in [2.05, 4.69) is 15.3 Å². The molecule has 1 aliphatic heterocycles. The highest BCUT2D eigenvalue weighted by atomic mass is 35.5. The second-order valence-corrected chi connectivity index (χ2v) is 6.88. The molecule has 0 saturated carbocycles. The highest BCUT2D eigenvalue weighted by Gasteiger charge is 2.23. The molecule has 0 bridgehead atoms. The molecule has 0 spiro atoms. The van der Waals surface area contributed by atoms with Gasteiger partial charge < -0.3 is 25.0 Å². The maximum absolute atomic E-state index is 12.5. The molecule has 27 heavy (non-hydrogen) atoms. The summed E-state index contributed by atoms with van der Waals surface area (Å²) in [7, 11) is 0. The molecular weight excluding hydrogens is 368 g/mol. The van der Waals surface area contributed by atoms with Crippen molar-refractivity contribution in [2.45, 2.75) is 19.4 Å². The lowest BCUT2D eigenvalue weighted by Crippen LogP contribution is -2.29. The van der Waals surface area contributed by atoms with E-state index in [1.54, 1.807) is 29.3 Å². The molecule has 1 aromatic carbocycles. The molecule has 3 aromatic rings. The summed E-state index contributed by atoms with van der Waals surface area (Å²) in [5, 5.41) is 14.6. The molecule has 0 radical (unpaired) electrons. The average Bonchev–Trinajstić information content (AvgIpc) is 3.07. The number of fused-ring (bicyclic) bond motifs is 1. The van der Waals surface area contributed by atoms with Crippen LogP contribution in [0.15, 0.2) is 47.4 Å². The molecule has 1 unspecified atom stereocenters. The Labute approximate surface area is 160 Å². The van der Waals surface area contributed by atoms with Gasteiger partial charge in [0.25, 0.3) is 5.56 Å². The molecule has 1 aliphatic rings. The van der Waals surface area contributed by atoms with E-state index in [9.17, 15) is 9.90 Å². The van der Waals surface area contributed by atoms with Crippen LogP contribution in [0.25, 0.3) is 10.9 Å². The topological polar surface area (TPSA) is 90.5 Å². The number of aliphatic hydroxyl groups is 1. The summed E-state index contributed by atoms with van der Waals surface area (Å²) in [6.07, 6.45) is 0.700. The molecule has 0 aliphatic carbocycles. The fourth-order valence-electron chi connectivity index (χ4n) is 3.21. The van der Waals surface area contributed by atoms with E-state index in [0.717, 1.165) is 16.6 Å². The van der Waals surface area contributed by atoms with Crippen molar-refractivity contribution in [1.82, 2.24) is 9.97 Å². The first-order chi connectivity index (χ1) is 13.0. The number of aliphatic hydroxyl groups excluding tert-OH is 1. The molecule has 7 nitrogen and oxygen atoms in total. The van der Waals surface area contributed by atoms with Gasteiger partial charge in [0.2, 0.25) is 6.41 Å². The minimum Gasteiger partial charge on any atom is -0.363 e. The number of aromatic amines is 1. The van der Waals surface area contributed by atoms with Gasteiger partial charge in [0.15, 0.2) is 0 Å².